The molecule has 1 aromatic rings. The van der Waals surface area contributed by atoms with Gasteiger partial charge in [-0.3, -0.25) is 9.59 Å². The van der Waals surface area contributed by atoms with Crippen LogP contribution in [0.5, 0.6) is 0 Å². The molecule has 114 valence electrons. The molecule has 0 aromatic carbocycles. The summed E-state index contributed by atoms with van der Waals surface area (Å²) in [5.41, 5.74) is 0. The monoisotopic (exact) mass is 293 g/mol. The van der Waals surface area contributed by atoms with Crippen LogP contribution in [0.1, 0.15) is 55.2 Å². The number of hydrogen-bond acceptors (Lipinski definition) is 6. The fraction of sp³-hybridized carbons (Fsp3) is 0.692. The number of nitrogens with one attached hydrogen (secondary N) is 3. The summed E-state index contributed by atoms with van der Waals surface area (Å²) < 4.78 is 5.10. The molecule has 2 heterocycles. The molecule has 1 saturated heterocycles. The standard InChI is InChI=1S/C13H19N5O3/c1-7(11(19)16-8-4-5-8)15-12(20)10-17-13(21-18-10)9-3-2-6-14-9/h7-9,14H,2-6H2,1H3,(H,15,20)(H,16,19). The summed E-state index contributed by atoms with van der Waals surface area (Å²) in [6.07, 6.45) is 3.99. The second-order valence-corrected chi connectivity index (χ2v) is 5.58. The van der Waals surface area contributed by atoms with Gasteiger partial charge in [-0.15, -0.1) is 0 Å². The van der Waals surface area contributed by atoms with Crippen molar-refractivity contribution >= 4 is 11.8 Å². The molecule has 2 amide bonds. The molecule has 0 bridgehead atoms. The first-order chi connectivity index (χ1) is 10.1. The number of carbonyl (C=O) groups is 2. The molecule has 2 unspecified atom stereocenters. The Labute approximate surface area is 122 Å². The van der Waals surface area contributed by atoms with Gasteiger partial charge in [-0.2, -0.15) is 4.98 Å². The van der Waals surface area contributed by atoms with Crippen LogP contribution in [0.2, 0.25) is 0 Å². The Morgan fingerprint density at radius 3 is 2.86 bits per heavy atom. The molecule has 2 atom stereocenters. The maximum Gasteiger partial charge on any atom is 0.293 e. The van der Waals surface area contributed by atoms with E-state index in [1.165, 1.54) is 0 Å². The molecule has 1 aromatic heterocycles. The van der Waals surface area contributed by atoms with Crippen molar-refractivity contribution < 1.29 is 14.1 Å². The van der Waals surface area contributed by atoms with Gasteiger partial charge < -0.3 is 20.5 Å². The lowest BCUT2D eigenvalue weighted by Crippen LogP contribution is -2.45. The molecule has 8 nitrogen and oxygen atoms in total. The Morgan fingerprint density at radius 2 is 2.19 bits per heavy atom. The van der Waals surface area contributed by atoms with Gasteiger partial charge in [0.25, 0.3) is 11.7 Å². The van der Waals surface area contributed by atoms with E-state index in [1.807, 2.05) is 0 Å². The molecular weight excluding hydrogens is 274 g/mol. The summed E-state index contributed by atoms with van der Waals surface area (Å²) in [7, 11) is 0. The topological polar surface area (TPSA) is 109 Å². The molecule has 3 rings (SSSR count). The van der Waals surface area contributed by atoms with Crippen molar-refractivity contribution in [3.8, 4) is 0 Å². The van der Waals surface area contributed by atoms with Gasteiger partial charge >= 0.3 is 0 Å². The maximum atomic E-state index is 12.0. The van der Waals surface area contributed by atoms with Gasteiger partial charge in [0, 0.05) is 6.04 Å². The van der Waals surface area contributed by atoms with E-state index in [9.17, 15) is 9.59 Å². The van der Waals surface area contributed by atoms with Crippen molar-refractivity contribution in [1.29, 1.82) is 0 Å². The van der Waals surface area contributed by atoms with E-state index in [4.69, 9.17) is 4.52 Å². The van der Waals surface area contributed by atoms with Crippen molar-refractivity contribution in [3.63, 3.8) is 0 Å². The molecule has 8 heteroatoms. The van der Waals surface area contributed by atoms with E-state index in [2.05, 4.69) is 26.1 Å². The van der Waals surface area contributed by atoms with E-state index in [0.29, 0.717) is 5.89 Å². The first kappa shape index (κ1) is 14.0. The predicted molar refractivity (Wildman–Crippen MR) is 72.4 cm³/mol. The van der Waals surface area contributed by atoms with Crippen LogP contribution in [-0.4, -0.2) is 40.6 Å². The summed E-state index contributed by atoms with van der Waals surface area (Å²) in [6.45, 7) is 2.54. The zero-order valence-electron chi connectivity index (χ0n) is 11.9. The highest BCUT2D eigenvalue weighted by molar-refractivity contribution is 5.94. The lowest BCUT2D eigenvalue weighted by Gasteiger charge is -2.12. The van der Waals surface area contributed by atoms with E-state index in [0.717, 1.165) is 32.2 Å². The zero-order chi connectivity index (χ0) is 14.8. The van der Waals surface area contributed by atoms with E-state index >= 15 is 0 Å². The zero-order valence-corrected chi connectivity index (χ0v) is 11.9. The van der Waals surface area contributed by atoms with Gasteiger partial charge in [0.15, 0.2) is 0 Å². The Hall–Kier alpha value is -1.96. The predicted octanol–water partition coefficient (Wildman–Crippen LogP) is -0.109. The fourth-order valence-corrected chi connectivity index (χ4v) is 2.24. The number of nitrogens with zero attached hydrogens (tertiary/aromatic N) is 2. The Kier molecular flexibility index (Phi) is 3.87. The first-order valence-electron chi connectivity index (χ1n) is 7.31. The van der Waals surface area contributed by atoms with Gasteiger partial charge in [-0.1, -0.05) is 5.16 Å². The summed E-state index contributed by atoms with van der Waals surface area (Å²) in [5.74, 6) is -0.300. The molecule has 0 spiro atoms. The van der Waals surface area contributed by atoms with Crippen LogP contribution in [0.15, 0.2) is 4.52 Å². The SMILES string of the molecule is CC(NC(=O)c1noc(C2CCCN2)n1)C(=O)NC1CC1. The van der Waals surface area contributed by atoms with Gasteiger partial charge in [0.2, 0.25) is 11.8 Å². The molecule has 3 N–H and O–H groups in total. The molecule has 2 aliphatic rings. The molecule has 1 saturated carbocycles. The summed E-state index contributed by atoms with van der Waals surface area (Å²) in [4.78, 5) is 27.9. The molecule has 1 aliphatic heterocycles. The first-order valence-corrected chi connectivity index (χ1v) is 7.31. The van der Waals surface area contributed by atoms with Crippen molar-refractivity contribution in [3.05, 3.63) is 11.7 Å². The van der Waals surface area contributed by atoms with Gasteiger partial charge in [0.05, 0.1) is 6.04 Å². The van der Waals surface area contributed by atoms with Gasteiger partial charge in [-0.25, -0.2) is 0 Å². The van der Waals surface area contributed by atoms with Crippen molar-refractivity contribution in [2.45, 2.75) is 50.7 Å². The molecule has 1 aliphatic carbocycles. The molecule has 2 fully saturated rings. The maximum absolute atomic E-state index is 12.0. The van der Waals surface area contributed by atoms with Crippen LogP contribution in [-0.2, 0) is 4.79 Å². The molecular formula is C13H19N5O3. The number of rotatable bonds is 5. The third-order valence-corrected chi connectivity index (χ3v) is 3.67. The van der Waals surface area contributed by atoms with E-state index in [1.54, 1.807) is 6.92 Å². The van der Waals surface area contributed by atoms with Crippen molar-refractivity contribution in [1.82, 2.24) is 26.1 Å². The Morgan fingerprint density at radius 1 is 1.38 bits per heavy atom. The normalized spacial score (nSPS) is 22.8. The van der Waals surface area contributed by atoms with Crippen LogP contribution in [0.4, 0.5) is 0 Å². The highest BCUT2D eigenvalue weighted by Crippen LogP contribution is 2.21. The number of carbonyl (C=O) groups excluding carboxylic acids is 2. The fourth-order valence-electron chi connectivity index (χ4n) is 2.24. The number of aromatic nitrogens is 2. The van der Waals surface area contributed by atoms with Crippen LogP contribution < -0.4 is 16.0 Å². The number of hydrogen-bond donors (Lipinski definition) is 3. The van der Waals surface area contributed by atoms with Crippen LogP contribution in [0, 0.1) is 0 Å². The van der Waals surface area contributed by atoms with E-state index < -0.39 is 11.9 Å². The second kappa shape index (κ2) is 5.80. The van der Waals surface area contributed by atoms with Crippen molar-refractivity contribution in [2.75, 3.05) is 6.54 Å². The molecule has 21 heavy (non-hydrogen) atoms. The lowest BCUT2D eigenvalue weighted by molar-refractivity contribution is -0.122. The third-order valence-electron chi connectivity index (χ3n) is 3.67. The smallest absolute Gasteiger partial charge is 0.293 e. The third kappa shape index (κ3) is 3.38. The minimum Gasteiger partial charge on any atom is -0.352 e. The Balaban J connectivity index is 1.55. The summed E-state index contributed by atoms with van der Waals surface area (Å²) in [6, 6.07) is -0.332. The van der Waals surface area contributed by atoms with Gasteiger partial charge in [-0.05, 0) is 39.2 Å². The summed E-state index contributed by atoms with van der Waals surface area (Å²) in [5, 5.41) is 12.3. The Bertz CT molecular complexity index is 534. The second-order valence-electron chi connectivity index (χ2n) is 5.58. The highest BCUT2D eigenvalue weighted by atomic mass is 16.5. The number of amides is 2. The minimum atomic E-state index is -0.621. The average Bonchev–Trinajstić information content (AvgIpc) is 2.98. The van der Waals surface area contributed by atoms with Crippen molar-refractivity contribution in [2.24, 2.45) is 0 Å². The average molecular weight is 293 g/mol. The van der Waals surface area contributed by atoms with E-state index in [-0.39, 0.29) is 23.8 Å². The molecule has 0 radical (unpaired) electrons. The minimum absolute atomic E-state index is 0.0228. The lowest BCUT2D eigenvalue weighted by atomic mass is 10.2. The van der Waals surface area contributed by atoms with Crippen LogP contribution in [0.25, 0.3) is 0 Å². The largest absolute Gasteiger partial charge is 0.352 e. The van der Waals surface area contributed by atoms with Gasteiger partial charge in [0.1, 0.15) is 6.04 Å². The highest BCUT2D eigenvalue weighted by Gasteiger charge is 2.28. The summed E-state index contributed by atoms with van der Waals surface area (Å²) >= 11 is 0. The quantitative estimate of drug-likeness (QED) is 0.699. The van der Waals surface area contributed by atoms with Crippen LogP contribution >= 0.6 is 0 Å². The van der Waals surface area contributed by atoms with Crippen LogP contribution in [0.3, 0.4) is 0 Å².